The number of benzene rings is 1. The minimum Gasteiger partial charge on any atom is -0.494 e. The van der Waals surface area contributed by atoms with Crippen LogP contribution in [0.3, 0.4) is 0 Å². The van der Waals surface area contributed by atoms with E-state index in [4.69, 9.17) is 9.47 Å². The molecule has 2 atom stereocenters. The van der Waals surface area contributed by atoms with Gasteiger partial charge in [-0.05, 0) is 43.4 Å². The van der Waals surface area contributed by atoms with Gasteiger partial charge in [-0.3, -0.25) is 0 Å². The Hall–Kier alpha value is -1.13. The summed E-state index contributed by atoms with van der Waals surface area (Å²) in [5.74, 6) is 0.284. The van der Waals surface area contributed by atoms with Crippen molar-refractivity contribution in [2.24, 2.45) is 5.92 Å². The van der Waals surface area contributed by atoms with Gasteiger partial charge in [-0.2, -0.15) is 0 Å². The molecule has 106 valence electrons. The first-order valence-electron chi connectivity index (χ1n) is 6.77. The van der Waals surface area contributed by atoms with E-state index in [0.29, 0.717) is 18.9 Å². The number of hydrogen-bond acceptors (Lipinski definition) is 3. The lowest BCUT2D eigenvalue weighted by Crippen LogP contribution is -2.32. The lowest BCUT2D eigenvalue weighted by atomic mass is 10.0. The Bertz CT molecular complexity index is 418. The lowest BCUT2D eigenvalue weighted by molar-refractivity contribution is -0.0439. The van der Waals surface area contributed by atoms with Crippen LogP contribution in [-0.4, -0.2) is 31.0 Å². The highest BCUT2D eigenvalue weighted by Crippen LogP contribution is 2.36. The molecule has 0 amide bonds. The molecule has 0 aromatic heterocycles. The first kappa shape index (κ1) is 14.3. The monoisotopic (exact) mass is 268 g/mol. The van der Waals surface area contributed by atoms with Crippen molar-refractivity contribution in [3.05, 3.63) is 29.6 Å². The Morgan fingerprint density at radius 3 is 2.68 bits per heavy atom. The molecule has 0 spiro atoms. The summed E-state index contributed by atoms with van der Waals surface area (Å²) >= 11 is 0. The zero-order valence-electron chi connectivity index (χ0n) is 11.4. The summed E-state index contributed by atoms with van der Waals surface area (Å²) in [5.41, 5.74) is 0.760. The van der Waals surface area contributed by atoms with Crippen LogP contribution < -0.4 is 4.74 Å². The fourth-order valence-electron chi connectivity index (χ4n) is 2.37. The fourth-order valence-corrected chi connectivity index (χ4v) is 2.37. The Kier molecular flexibility index (Phi) is 4.77. The summed E-state index contributed by atoms with van der Waals surface area (Å²) in [7, 11) is 1.44. The normalized spacial score (nSPS) is 18.1. The molecule has 4 heteroatoms. The largest absolute Gasteiger partial charge is 0.494 e. The zero-order chi connectivity index (χ0) is 13.8. The number of aliphatic hydroxyl groups is 1. The van der Waals surface area contributed by atoms with Gasteiger partial charge in [-0.25, -0.2) is 4.39 Å². The highest BCUT2D eigenvalue weighted by Gasteiger charge is 2.36. The maximum absolute atomic E-state index is 13.6. The smallest absolute Gasteiger partial charge is 0.165 e. The van der Waals surface area contributed by atoms with Crippen molar-refractivity contribution in [3.63, 3.8) is 0 Å². The molecule has 1 N–H and O–H groups in total. The molecule has 1 saturated carbocycles. The Balaban J connectivity index is 2.00. The van der Waals surface area contributed by atoms with Crippen molar-refractivity contribution >= 4 is 0 Å². The predicted octanol–water partition coefficient (Wildman–Crippen LogP) is 2.55. The van der Waals surface area contributed by atoms with Crippen LogP contribution in [-0.2, 0) is 11.2 Å². The molecule has 0 aliphatic heterocycles. The van der Waals surface area contributed by atoms with Gasteiger partial charge in [0, 0.05) is 13.0 Å². The second-order valence-electron chi connectivity index (χ2n) is 5.00. The van der Waals surface area contributed by atoms with Gasteiger partial charge < -0.3 is 14.6 Å². The quantitative estimate of drug-likeness (QED) is 0.826. The predicted molar refractivity (Wildman–Crippen MR) is 70.8 cm³/mol. The van der Waals surface area contributed by atoms with Crippen molar-refractivity contribution < 1.29 is 19.0 Å². The van der Waals surface area contributed by atoms with Crippen LogP contribution in [0.25, 0.3) is 0 Å². The van der Waals surface area contributed by atoms with E-state index in [9.17, 15) is 9.50 Å². The summed E-state index contributed by atoms with van der Waals surface area (Å²) < 4.78 is 24.1. The zero-order valence-corrected chi connectivity index (χ0v) is 11.4. The third-order valence-electron chi connectivity index (χ3n) is 3.49. The van der Waals surface area contributed by atoms with Gasteiger partial charge in [0.05, 0.1) is 19.3 Å². The summed E-state index contributed by atoms with van der Waals surface area (Å²) in [4.78, 5) is 0. The maximum Gasteiger partial charge on any atom is 0.165 e. The Morgan fingerprint density at radius 1 is 1.42 bits per heavy atom. The topological polar surface area (TPSA) is 38.7 Å². The molecule has 1 aromatic carbocycles. The molecular weight excluding hydrogens is 247 g/mol. The Labute approximate surface area is 113 Å². The van der Waals surface area contributed by atoms with Gasteiger partial charge in [0.15, 0.2) is 11.6 Å². The molecule has 1 fully saturated rings. The summed E-state index contributed by atoms with van der Waals surface area (Å²) in [6, 6.07) is 4.78. The van der Waals surface area contributed by atoms with Gasteiger partial charge in [0.1, 0.15) is 0 Å². The van der Waals surface area contributed by atoms with Crippen LogP contribution in [0.1, 0.15) is 25.3 Å². The SMILES string of the molecule is CCOC(C(O)Cc1ccc(OC)c(F)c1)C1CC1. The molecule has 0 bridgehead atoms. The molecule has 2 rings (SSSR count). The number of halogens is 1. The average Bonchev–Trinajstić information content (AvgIpc) is 3.20. The van der Waals surface area contributed by atoms with E-state index in [1.54, 1.807) is 12.1 Å². The highest BCUT2D eigenvalue weighted by atomic mass is 19.1. The Morgan fingerprint density at radius 2 is 2.16 bits per heavy atom. The van der Waals surface area contributed by atoms with Crippen LogP contribution in [0.4, 0.5) is 4.39 Å². The molecule has 1 aromatic rings. The third kappa shape index (κ3) is 3.67. The third-order valence-corrected chi connectivity index (χ3v) is 3.49. The van der Waals surface area contributed by atoms with E-state index in [-0.39, 0.29) is 11.9 Å². The van der Waals surface area contributed by atoms with Crippen molar-refractivity contribution in [1.29, 1.82) is 0 Å². The van der Waals surface area contributed by atoms with Crippen LogP contribution in [0.15, 0.2) is 18.2 Å². The maximum atomic E-state index is 13.6. The first-order valence-corrected chi connectivity index (χ1v) is 6.77. The standard InChI is InChI=1S/C15H21FO3/c1-3-19-15(11-5-6-11)13(17)9-10-4-7-14(18-2)12(16)8-10/h4,7-8,11,13,15,17H,3,5-6,9H2,1-2H3. The molecule has 1 aliphatic carbocycles. The number of rotatable bonds is 7. The van der Waals surface area contributed by atoms with Crippen molar-refractivity contribution in [1.82, 2.24) is 0 Å². The summed E-state index contributed by atoms with van der Waals surface area (Å²) in [6.07, 6.45) is 1.91. The second-order valence-corrected chi connectivity index (χ2v) is 5.00. The number of aliphatic hydroxyl groups excluding tert-OH is 1. The van der Waals surface area contributed by atoms with Crippen LogP contribution in [0.5, 0.6) is 5.75 Å². The van der Waals surface area contributed by atoms with Crippen LogP contribution in [0, 0.1) is 11.7 Å². The minimum atomic E-state index is -0.583. The van der Waals surface area contributed by atoms with Crippen molar-refractivity contribution in [3.8, 4) is 5.75 Å². The second kappa shape index (κ2) is 6.35. The highest BCUT2D eigenvalue weighted by molar-refractivity contribution is 5.29. The average molecular weight is 268 g/mol. The van der Waals surface area contributed by atoms with Crippen molar-refractivity contribution in [2.45, 2.75) is 38.4 Å². The van der Waals surface area contributed by atoms with Gasteiger partial charge in [0.2, 0.25) is 0 Å². The lowest BCUT2D eigenvalue weighted by Gasteiger charge is -2.22. The van der Waals surface area contributed by atoms with Gasteiger partial charge in [-0.15, -0.1) is 0 Å². The number of ether oxygens (including phenoxy) is 2. The van der Waals surface area contributed by atoms with Gasteiger partial charge in [-0.1, -0.05) is 6.07 Å². The molecule has 0 heterocycles. The van der Waals surface area contributed by atoms with E-state index >= 15 is 0 Å². The van der Waals surface area contributed by atoms with Crippen LogP contribution >= 0.6 is 0 Å². The van der Waals surface area contributed by atoms with Crippen LogP contribution in [0.2, 0.25) is 0 Å². The van der Waals surface area contributed by atoms with E-state index in [0.717, 1.165) is 18.4 Å². The van der Waals surface area contributed by atoms with E-state index < -0.39 is 11.9 Å². The molecule has 0 saturated heterocycles. The van der Waals surface area contributed by atoms with Gasteiger partial charge in [0.25, 0.3) is 0 Å². The first-order chi connectivity index (χ1) is 9.15. The summed E-state index contributed by atoms with van der Waals surface area (Å²) in [6.45, 7) is 2.52. The van der Waals surface area contributed by atoms with E-state index in [2.05, 4.69) is 0 Å². The molecule has 0 radical (unpaired) electrons. The van der Waals surface area contributed by atoms with Gasteiger partial charge >= 0.3 is 0 Å². The molecule has 3 nitrogen and oxygen atoms in total. The number of hydrogen-bond donors (Lipinski definition) is 1. The van der Waals surface area contributed by atoms with Crippen molar-refractivity contribution in [2.75, 3.05) is 13.7 Å². The number of methoxy groups -OCH3 is 1. The molecule has 2 unspecified atom stereocenters. The minimum absolute atomic E-state index is 0.129. The molecular formula is C15H21FO3. The molecule has 1 aliphatic rings. The fraction of sp³-hybridized carbons (Fsp3) is 0.600. The molecule has 19 heavy (non-hydrogen) atoms. The van der Waals surface area contributed by atoms with E-state index in [1.165, 1.54) is 13.2 Å². The summed E-state index contributed by atoms with van der Waals surface area (Å²) in [5, 5.41) is 10.2. The van der Waals surface area contributed by atoms with E-state index in [1.807, 2.05) is 6.92 Å².